The van der Waals surface area contributed by atoms with Gasteiger partial charge in [-0.05, 0) is 119 Å². The van der Waals surface area contributed by atoms with Crippen molar-refractivity contribution < 1.29 is 123 Å². The molecule has 0 unspecified atom stereocenters. The molecule has 2 aromatic heterocycles. The van der Waals surface area contributed by atoms with Gasteiger partial charge in [0, 0.05) is 0 Å². The van der Waals surface area contributed by atoms with E-state index in [2.05, 4.69) is 44.7 Å². The van der Waals surface area contributed by atoms with Gasteiger partial charge in [0.1, 0.15) is 49.4 Å². The van der Waals surface area contributed by atoms with E-state index in [-0.39, 0.29) is 44.8 Å². The van der Waals surface area contributed by atoms with Crippen molar-refractivity contribution >= 4 is 15.6 Å². The molecule has 14 nitrogen and oxygen atoms in total. The first-order valence-electron chi connectivity index (χ1n) is 31.0. The second-order valence-corrected chi connectivity index (χ2v) is 25.4. The Hall–Kier alpha value is -11.6. The molecule has 0 radical (unpaired) electrons. The Morgan fingerprint density at radius 3 is 0.537 bits per heavy atom. The first-order chi connectivity index (χ1) is 50.4. The number of aromatic nitrogens is 4. The zero-order chi connectivity index (χ0) is 76.4. The Morgan fingerprint density at radius 1 is 0.241 bits per heavy atom. The molecule has 0 bridgehead atoms. The maximum atomic E-state index is 9.87. The largest absolute Gasteiger partial charge is 1.00 e. The average Bonchev–Trinajstić information content (AvgIpc) is 1.22. The monoisotopic (exact) mass is 1710 g/mol. The van der Waals surface area contributed by atoms with Crippen molar-refractivity contribution in [2.75, 3.05) is 0 Å². The number of ether oxygens (including phenoxy) is 4. The number of nitriles is 4. The number of hydrogen-bond acceptors (Lipinski definition) is 14. The molecule has 108 heavy (non-hydrogen) atoms. The minimum atomic E-state index is -10.7. The Labute approximate surface area is 643 Å². The van der Waals surface area contributed by atoms with E-state index >= 15 is 0 Å². The van der Waals surface area contributed by atoms with E-state index in [9.17, 15) is 50.4 Å². The number of rotatable bonds is 16. The predicted octanol–water partition coefficient (Wildman–Crippen LogP) is 24.4. The Balaban J connectivity index is 0.000000271. The molecule has 13 aromatic rings. The molecule has 2 heterocycles. The minimum Gasteiger partial charge on any atom is -0.488 e. The van der Waals surface area contributed by atoms with Gasteiger partial charge in [0.2, 0.25) is 0 Å². The molecule has 0 aliphatic carbocycles. The van der Waals surface area contributed by atoms with Gasteiger partial charge in [-0.1, -0.05) is 206 Å². The van der Waals surface area contributed by atoms with Crippen LogP contribution in [0.3, 0.4) is 0 Å². The molecule has 0 N–H and O–H groups in total. The molecule has 0 aliphatic rings. The molecule has 0 saturated carbocycles. The van der Waals surface area contributed by atoms with Crippen molar-refractivity contribution in [1.29, 1.82) is 21.0 Å². The smallest absolute Gasteiger partial charge is 0.488 e. The molecule has 0 fully saturated rings. The summed E-state index contributed by atoms with van der Waals surface area (Å²) in [5, 5.41) is 53.0. The third-order valence-corrected chi connectivity index (χ3v) is 13.2. The van der Waals surface area contributed by atoms with Crippen molar-refractivity contribution in [2.24, 2.45) is 0 Å². The topological polar surface area (TPSA) is 210 Å². The summed E-state index contributed by atoms with van der Waals surface area (Å²) in [6, 6.07) is 103. The molecule has 0 atom stereocenters. The Kier molecular flexibility index (Phi) is 31.9. The fourth-order valence-corrected chi connectivity index (χ4v) is 8.46. The van der Waals surface area contributed by atoms with Crippen LogP contribution in [0.15, 0.2) is 312 Å². The van der Waals surface area contributed by atoms with Crippen LogP contribution in [0.2, 0.25) is 0 Å². The molecule has 13 rings (SSSR count). The van der Waals surface area contributed by atoms with Gasteiger partial charge in [-0.3, -0.25) is 0 Å². The molecule has 30 heteroatoms. The third kappa shape index (κ3) is 35.4. The molecular weight excluding hydrogens is 1650 g/mol. The summed E-state index contributed by atoms with van der Waals surface area (Å²) in [4.78, 5) is 0. The molecule has 11 aromatic carbocycles. The first kappa shape index (κ1) is 87.0. The van der Waals surface area contributed by atoms with E-state index in [4.69, 9.17) is 48.8 Å². The van der Waals surface area contributed by atoms with Gasteiger partial charge in [0.05, 0.1) is 68.8 Å². The van der Waals surface area contributed by atoms with Crippen molar-refractivity contribution in [3.05, 3.63) is 348 Å². The number of hydrogen-bond donors (Lipinski definition) is 0. The Morgan fingerprint density at radius 2 is 0.389 bits per heavy atom. The zero-order valence-electron chi connectivity index (χ0n) is 55.8. The second kappa shape index (κ2) is 39.6. The summed E-state index contributed by atoms with van der Waals surface area (Å²) in [6.07, 6.45) is 0. The van der Waals surface area contributed by atoms with Crippen molar-refractivity contribution in [2.45, 2.75) is 26.4 Å². The number of para-hydroxylation sites is 4. The van der Waals surface area contributed by atoms with Gasteiger partial charge in [-0.2, -0.15) is 21.0 Å². The van der Waals surface area contributed by atoms with Crippen LogP contribution in [0.5, 0.6) is 23.0 Å². The fraction of sp³-hybridized carbons (Fsp3) is 0.0513. The summed E-state index contributed by atoms with van der Waals surface area (Å²) in [7, 11) is -21.3. The van der Waals surface area contributed by atoms with E-state index in [0.29, 0.717) is 117 Å². The molecule has 0 saturated heterocycles. The van der Waals surface area contributed by atoms with E-state index in [1.807, 2.05) is 255 Å². The van der Waals surface area contributed by atoms with Crippen LogP contribution in [0, 0.1) is 45.3 Å². The van der Waals surface area contributed by atoms with Crippen molar-refractivity contribution in [3.8, 4) is 93.1 Å². The van der Waals surface area contributed by atoms with Crippen LogP contribution in [0.25, 0.3) is 45.8 Å². The van der Waals surface area contributed by atoms with Crippen LogP contribution < -0.4 is 18.9 Å². The number of benzene rings is 11. The molecular formula is C78H58Ag2F12N8O6P2. The quantitative estimate of drug-likeness (QED) is 0.0501. The van der Waals surface area contributed by atoms with E-state index < -0.39 is 15.6 Å². The van der Waals surface area contributed by atoms with Crippen LogP contribution in [-0.2, 0) is 71.2 Å². The van der Waals surface area contributed by atoms with Gasteiger partial charge < -0.3 is 27.8 Å². The minimum absolute atomic E-state index is 0. The molecule has 0 aliphatic heterocycles. The van der Waals surface area contributed by atoms with Crippen LogP contribution in [0.1, 0.15) is 44.5 Å². The second-order valence-electron chi connectivity index (χ2n) is 21.6. The SMILES string of the molecule is F[P-](F)(F)(F)(F)F.F[P-](F)(F)(F)(F)F.N#Cc1ccc(COc2ccccc2-c2nnc(-c3ccccc3OCc3ccc(C#N)cc3)o2)cc1.N#Cc1ccc(COc2ccccc2-c2nnc(-c3ccccc3OCc3ccc(C#N)cc3)o2)cc1.[Ag+].[Ag+].c1ccccc1.c1ccccc1.c1ccccc1. The molecule has 0 amide bonds. The van der Waals surface area contributed by atoms with Gasteiger partial charge in [-0.25, -0.2) is 0 Å². The van der Waals surface area contributed by atoms with Crippen molar-refractivity contribution in [3.63, 3.8) is 0 Å². The molecule has 562 valence electrons. The zero-order valence-corrected chi connectivity index (χ0v) is 60.5. The van der Waals surface area contributed by atoms with E-state index in [0.717, 1.165) is 22.3 Å². The van der Waals surface area contributed by atoms with Crippen LogP contribution in [0.4, 0.5) is 50.4 Å². The van der Waals surface area contributed by atoms with Gasteiger partial charge in [0.25, 0.3) is 23.6 Å². The summed E-state index contributed by atoms with van der Waals surface area (Å²) >= 11 is 0. The fourth-order valence-electron chi connectivity index (χ4n) is 8.46. The predicted molar refractivity (Wildman–Crippen MR) is 379 cm³/mol. The number of halogens is 12. The average molecular weight is 1710 g/mol. The standard InChI is InChI=1S/2C30H20N4O3.3C6H6.2Ag.2F6P/c2*31-17-21-9-13-23(14-10-21)19-35-27-7-3-1-5-25(27)29-33-34-30(37-29)26-6-2-4-8-28(26)36-20-24-15-11-22(18-32)12-16-24;3*1-2-4-6-5-3-1;;;2*1-7(2,3,4,5)6/h2*1-16H,19-20H2;3*1-6H;;;;/q;;;;;2*+1;2*-1. The summed E-state index contributed by atoms with van der Waals surface area (Å²) in [5.74, 6) is 3.72. The Bertz CT molecular complexity index is 4380. The summed E-state index contributed by atoms with van der Waals surface area (Å²) in [6.45, 7) is 1.32. The summed E-state index contributed by atoms with van der Waals surface area (Å²) in [5.41, 5.74) is 8.84. The van der Waals surface area contributed by atoms with Gasteiger partial charge in [-0.15, -0.1) is 20.4 Å². The number of nitrogens with zero attached hydrogens (tertiary/aromatic N) is 8. The van der Waals surface area contributed by atoms with Gasteiger partial charge in [0.15, 0.2) is 0 Å². The summed E-state index contributed by atoms with van der Waals surface area (Å²) < 4.78 is 155. The van der Waals surface area contributed by atoms with Crippen LogP contribution in [-0.4, -0.2) is 20.4 Å². The van der Waals surface area contributed by atoms with E-state index in [1.165, 1.54) is 0 Å². The maximum absolute atomic E-state index is 10.7. The third-order valence-electron chi connectivity index (χ3n) is 13.2. The van der Waals surface area contributed by atoms with Gasteiger partial charge >= 0.3 is 111 Å². The van der Waals surface area contributed by atoms with Crippen molar-refractivity contribution in [1.82, 2.24) is 20.4 Å². The maximum Gasteiger partial charge on any atom is 1.00 e. The van der Waals surface area contributed by atoms with Crippen LogP contribution >= 0.6 is 15.6 Å². The van der Waals surface area contributed by atoms with E-state index in [1.54, 1.807) is 48.5 Å². The normalized spacial score (nSPS) is 11.4. The first-order valence-corrected chi connectivity index (χ1v) is 35.1. The molecule has 0 spiro atoms.